The minimum absolute atomic E-state index is 0.0410. The minimum Gasteiger partial charge on any atom is -0.507 e. The molecule has 8 heteroatoms. The zero-order valence-electron chi connectivity index (χ0n) is 12.3. The van der Waals surface area contributed by atoms with Crippen LogP contribution >= 0.6 is 0 Å². The highest BCUT2D eigenvalue weighted by molar-refractivity contribution is 5.99. The zero-order valence-corrected chi connectivity index (χ0v) is 12.3. The topological polar surface area (TPSA) is 37.3 Å². The Morgan fingerprint density at radius 2 is 1.48 bits per heavy atom. The molecule has 0 heterocycles. The van der Waals surface area contributed by atoms with Gasteiger partial charge in [0.1, 0.15) is 5.76 Å². The molecule has 132 valence electrons. The lowest BCUT2D eigenvalue weighted by atomic mass is 10.0. The summed E-state index contributed by atoms with van der Waals surface area (Å²) in [6.45, 7) is 0. The molecule has 0 fully saturated rings. The summed E-state index contributed by atoms with van der Waals surface area (Å²) < 4.78 is 74.6. The van der Waals surface area contributed by atoms with Crippen molar-refractivity contribution >= 4 is 11.5 Å². The van der Waals surface area contributed by atoms with Crippen LogP contribution in [0, 0.1) is 0 Å². The van der Waals surface area contributed by atoms with Crippen molar-refractivity contribution in [2.24, 2.45) is 0 Å². The van der Waals surface area contributed by atoms with Gasteiger partial charge in [0.2, 0.25) is 0 Å². The fourth-order valence-corrected chi connectivity index (χ4v) is 2.00. The number of hydrogen-bond donors (Lipinski definition) is 1. The van der Waals surface area contributed by atoms with E-state index in [9.17, 15) is 36.2 Å². The van der Waals surface area contributed by atoms with Crippen LogP contribution in [0.1, 0.15) is 11.1 Å². The van der Waals surface area contributed by atoms with Gasteiger partial charge in [0.25, 0.3) is 5.78 Å². The number of aliphatic hydroxyl groups excluding tert-OH is 1. The third-order valence-corrected chi connectivity index (χ3v) is 3.25. The monoisotopic (exact) mass is 360 g/mol. The molecule has 0 unspecified atom stereocenters. The van der Waals surface area contributed by atoms with Crippen LogP contribution in [-0.4, -0.2) is 17.1 Å². The van der Waals surface area contributed by atoms with E-state index >= 15 is 0 Å². The van der Waals surface area contributed by atoms with E-state index in [4.69, 9.17) is 0 Å². The molecule has 0 aliphatic heterocycles. The van der Waals surface area contributed by atoms with Crippen molar-refractivity contribution in [1.29, 1.82) is 0 Å². The molecular weight excluding hydrogens is 350 g/mol. The van der Waals surface area contributed by atoms with Crippen molar-refractivity contribution in [3.8, 4) is 11.1 Å². The number of halogens is 6. The van der Waals surface area contributed by atoms with Crippen molar-refractivity contribution in [2.45, 2.75) is 12.4 Å². The second-order valence-corrected chi connectivity index (χ2v) is 5.05. The third kappa shape index (κ3) is 4.62. The van der Waals surface area contributed by atoms with Gasteiger partial charge in [-0.2, -0.15) is 26.3 Å². The lowest BCUT2D eigenvalue weighted by Gasteiger charge is -2.09. The Hall–Kier alpha value is -2.77. The summed E-state index contributed by atoms with van der Waals surface area (Å²) >= 11 is 0. The highest BCUT2D eigenvalue weighted by Crippen LogP contribution is 2.32. The summed E-state index contributed by atoms with van der Waals surface area (Å²) in [5, 5.41) is 9.56. The fraction of sp³-hybridized carbons (Fsp3) is 0.118. The molecule has 2 nitrogen and oxygen atoms in total. The lowest BCUT2D eigenvalue weighted by molar-refractivity contribution is -0.165. The molecule has 0 atom stereocenters. The Balaban J connectivity index is 2.29. The molecule has 2 aromatic rings. The van der Waals surface area contributed by atoms with Crippen molar-refractivity contribution in [2.75, 3.05) is 0 Å². The second-order valence-electron chi connectivity index (χ2n) is 5.05. The minimum atomic E-state index is -5.11. The molecule has 0 bridgehead atoms. The Kier molecular flexibility index (Phi) is 4.92. The molecule has 0 saturated heterocycles. The number of ketones is 1. The van der Waals surface area contributed by atoms with Crippen LogP contribution in [0.3, 0.4) is 0 Å². The lowest BCUT2D eigenvalue weighted by Crippen LogP contribution is -2.20. The molecule has 1 N–H and O–H groups in total. The molecule has 0 amide bonds. The van der Waals surface area contributed by atoms with E-state index in [1.165, 1.54) is 36.4 Å². The maximum Gasteiger partial charge on any atom is 0.454 e. The maximum atomic E-state index is 12.7. The molecule has 0 aliphatic carbocycles. The van der Waals surface area contributed by atoms with Crippen molar-refractivity contribution in [3.63, 3.8) is 0 Å². The van der Waals surface area contributed by atoms with E-state index in [1.54, 1.807) is 0 Å². The molecule has 25 heavy (non-hydrogen) atoms. The molecular formula is C17H10F6O2. The van der Waals surface area contributed by atoms with Crippen LogP contribution in [0.2, 0.25) is 0 Å². The molecule has 0 spiro atoms. The van der Waals surface area contributed by atoms with Crippen molar-refractivity contribution in [3.05, 3.63) is 65.7 Å². The van der Waals surface area contributed by atoms with Crippen molar-refractivity contribution < 1.29 is 36.2 Å². The first-order valence-corrected chi connectivity index (χ1v) is 6.78. The van der Waals surface area contributed by atoms with Gasteiger partial charge < -0.3 is 5.11 Å². The summed E-state index contributed by atoms with van der Waals surface area (Å²) in [5.41, 5.74) is -0.304. The molecule has 0 aromatic heterocycles. The number of hydrogen-bond acceptors (Lipinski definition) is 2. The first-order chi connectivity index (χ1) is 11.5. The zero-order chi connectivity index (χ0) is 18.8. The van der Waals surface area contributed by atoms with Gasteiger partial charge in [0.05, 0.1) is 5.56 Å². The van der Waals surface area contributed by atoms with Gasteiger partial charge >= 0.3 is 12.4 Å². The predicted octanol–water partition coefficient (Wildman–Crippen LogP) is 5.40. The van der Waals surface area contributed by atoms with Crippen LogP contribution in [-0.2, 0) is 11.0 Å². The van der Waals surface area contributed by atoms with E-state index in [1.807, 2.05) is 0 Å². The largest absolute Gasteiger partial charge is 0.507 e. The molecule has 0 radical (unpaired) electrons. The average Bonchev–Trinajstić information content (AvgIpc) is 2.53. The predicted molar refractivity (Wildman–Crippen MR) is 78.5 cm³/mol. The Labute approximate surface area is 138 Å². The van der Waals surface area contributed by atoms with Crippen LogP contribution < -0.4 is 0 Å². The summed E-state index contributed by atoms with van der Waals surface area (Å²) in [6.07, 6.45) is -9.57. The van der Waals surface area contributed by atoms with E-state index in [2.05, 4.69) is 0 Å². The van der Waals surface area contributed by atoms with E-state index in [0.29, 0.717) is 5.56 Å². The Morgan fingerprint density at radius 3 is 2.00 bits per heavy atom. The van der Waals surface area contributed by atoms with Crippen LogP contribution in [0.15, 0.2) is 54.6 Å². The first kappa shape index (κ1) is 18.6. The van der Waals surface area contributed by atoms with E-state index in [0.717, 1.165) is 12.1 Å². The van der Waals surface area contributed by atoms with Gasteiger partial charge in [-0.3, -0.25) is 4.79 Å². The van der Waals surface area contributed by atoms with Gasteiger partial charge in [0, 0.05) is 11.6 Å². The number of allylic oxidation sites excluding steroid dienone is 1. The fourth-order valence-electron chi connectivity index (χ4n) is 2.00. The SMILES string of the molecule is O=C(/C=C(\O)c1ccc(-c2cccc(C(F)(F)F)c2)cc1)C(F)(F)F. The Bertz CT molecular complexity index is 801. The van der Waals surface area contributed by atoms with Gasteiger partial charge in [-0.25, -0.2) is 0 Å². The number of carbonyl (C=O) groups excluding carboxylic acids is 1. The van der Waals surface area contributed by atoms with Crippen LogP contribution in [0.4, 0.5) is 26.3 Å². The molecule has 2 rings (SSSR count). The van der Waals surface area contributed by atoms with Crippen molar-refractivity contribution in [1.82, 2.24) is 0 Å². The van der Waals surface area contributed by atoms with Crippen LogP contribution in [0.25, 0.3) is 16.9 Å². The summed E-state index contributed by atoms with van der Waals surface area (Å²) in [4.78, 5) is 10.8. The Morgan fingerprint density at radius 1 is 0.880 bits per heavy atom. The van der Waals surface area contributed by atoms with Gasteiger partial charge in [-0.1, -0.05) is 36.4 Å². The molecule has 0 saturated carbocycles. The number of carbonyl (C=O) groups is 1. The van der Waals surface area contributed by atoms with Gasteiger partial charge in [0.15, 0.2) is 0 Å². The summed E-state index contributed by atoms with van der Waals surface area (Å²) in [5.74, 6) is -3.11. The maximum absolute atomic E-state index is 12.7. The number of rotatable bonds is 3. The van der Waals surface area contributed by atoms with Crippen LogP contribution in [0.5, 0.6) is 0 Å². The summed E-state index contributed by atoms with van der Waals surface area (Å²) in [6, 6.07) is 9.56. The smallest absolute Gasteiger partial charge is 0.454 e. The molecule has 0 aliphatic rings. The third-order valence-electron chi connectivity index (χ3n) is 3.25. The highest BCUT2D eigenvalue weighted by Gasteiger charge is 2.37. The molecule has 2 aromatic carbocycles. The van der Waals surface area contributed by atoms with E-state index in [-0.39, 0.29) is 17.2 Å². The van der Waals surface area contributed by atoms with E-state index < -0.39 is 29.5 Å². The quantitative estimate of drug-likeness (QED) is 0.452. The second kappa shape index (κ2) is 6.62. The standard InChI is InChI=1S/C17H10F6O2/c18-16(19,20)13-3-1-2-12(8-13)10-4-6-11(7-5-10)14(24)9-15(25)17(21,22)23/h1-9,24H/b14-9-. The summed E-state index contributed by atoms with van der Waals surface area (Å²) in [7, 11) is 0. The first-order valence-electron chi connectivity index (χ1n) is 6.78. The van der Waals surface area contributed by atoms with Gasteiger partial charge in [-0.15, -0.1) is 0 Å². The normalized spacial score (nSPS) is 13.0. The average molecular weight is 360 g/mol. The highest BCUT2D eigenvalue weighted by atomic mass is 19.4. The number of benzene rings is 2. The number of aliphatic hydroxyl groups is 1. The van der Waals surface area contributed by atoms with Gasteiger partial charge in [-0.05, 0) is 23.3 Å². The number of alkyl halides is 6.